The minimum Gasteiger partial charge on any atom is -0.506 e. The number of phenols is 2. The highest BCUT2D eigenvalue weighted by Gasteiger charge is 2.21. The van der Waals surface area contributed by atoms with Crippen LogP contribution in [0.1, 0.15) is 33.4 Å². The van der Waals surface area contributed by atoms with Gasteiger partial charge >= 0.3 is 0 Å². The standard InChI is InChI=1S/C18H20Br2O2S/c1-7-9(3)15(21)17(11(5)13(7)19)23-18-12(6)14(20)8(2)10(4)16(18)22/h21-22H,1-6H3. The predicted molar refractivity (Wildman–Crippen MR) is 104 cm³/mol. The summed E-state index contributed by atoms with van der Waals surface area (Å²) < 4.78 is 1.99. The number of aromatic hydroxyl groups is 2. The van der Waals surface area contributed by atoms with E-state index in [2.05, 4.69) is 31.9 Å². The molecule has 0 heterocycles. The normalized spacial score (nSPS) is 11.1. The second-order valence-corrected chi connectivity index (χ2v) is 8.44. The molecule has 0 saturated carbocycles. The number of hydrogen-bond donors (Lipinski definition) is 2. The minimum absolute atomic E-state index is 0.279. The Morgan fingerprint density at radius 1 is 0.565 bits per heavy atom. The smallest absolute Gasteiger partial charge is 0.133 e. The van der Waals surface area contributed by atoms with Crippen LogP contribution in [0.25, 0.3) is 0 Å². The zero-order chi connectivity index (χ0) is 17.6. The molecule has 2 nitrogen and oxygen atoms in total. The summed E-state index contributed by atoms with van der Waals surface area (Å²) in [7, 11) is 0. The van der Waals surface area contributed by atoms with Gasteiger partial charge in [-0.25, -0.2) is 0 Å². The molecular formula is C18H20Br2O2S. The first-order chi connectivity index (χ1) is 10.6. The van der Waals surface area contributed by atoms with Gasteiger partial charge in [-0.05, 0) is 74.9 Å². The Morgan fingerprint density at radius 2 is 0.870 bits per heavy atom. The molecule has 0 saturated heterocycles. The van der Waals surface area contributed by atoms with E-state index in [9.17, 15) is 10.2 Å². The Hall–Kier alpha value is -0.650. The van der Waals surface area contributed by atoms with Crippen molar-refractivity contribution in [3.8, 4) is 11.5 Å². The van der Waals surface area contributed by atoms with Crippen LogP contribution in [0.2, 0.25) is 0 Å². The largest absolute Gasteiger partial charge is 0.506 e. The van der Waals surface area contributed by atoms with Crippen LogP contribution in [0, 0.1) is 41.5 Å². The molecule has 0 radical (unpaired) electrons. The molecule has 0 bridgehead atoms. The molecule has 0 fully saturated rings. The molecule has 0 unspecified atom stereocenters. The minimum atomic E-state index is 0.279. The predicted octanol–water partition coefficient (Wildman–Crippen LogP) is 6.62. The van der Waals surface area contributed by atoms with Gasteiger partial charge in [0.15, 0.2) is 0 Å². The van der Waals surface area contributed by atoms with Crippen LogP contribution in [0.5, 0.6) is 11.5 Å². The van der Waals surface area contributed by atoms with Gasteiger partial charge in [-0.15, -0.1) is 0 Å². The molecule has 124 valence electrons. The van der Waals surface area contributed by atoms with E-state index < -0.39 is 0 Å². The van der Waals surface area contributed by atoms with Crippen LogP contribution < -0.4 is 0 Å². The number of phenolic OH excluding ortho intramolecular Hbond substituents is 2. The van der Waals surface area contributed by atoms with Crippen molar-refractivity contribution in [3.05, 3.63) is 42.3 Å². The van der Waals surface area contributed by atoms with E-state index in [-0.39, 0.29) is 11.5 Å². The van der Waals surface area contributed by atoms with Crippen molar-refractivity contribution in [1.29, 1.82) is 0 Å². The van der Waals surface area contributed by atoms with E-state index in [1.807, 2.05) is 41.5 Å². The lowest BCUT2D eigenvalue weighted by atomic mass is 10.1. The van der Waals surface area contributed by atoms with Gasteiger partial charge in [0, 0.05) is 8.95 Å². The van der Waals surface area contributed by atoms with Crippen LogP contribution in [-0.4, -0.2) is 10.2 Å². The second-order valence-electron chi connectivity index (χ2n) is 5.84. The summed E-state index contributed by atoms with van der Waals surface area (Å²) in [5, 5.41) is 21.2. The van der Waals surface area contributed by atoms with Crippen molar-refractivity contribution in [3.63, 3.8) is 0 Å². The molecule has 0 aliphatic rings. The third-order valence-corrected chi connectivity index (χ3v) is 8.25. The molecule has 0 spiro atoms. The van der Waals surface area contributed by atoms with E-state index >= 15 is 0 Å². The number of benzene rings is 2. The van der Waals surface area contributed by atoms with Gasteiger partial charge in [-0.3, -0.25) is 0 Å². The molecule has 0 aromatic heterocycles. The molecule has 0 amide bonds. The summed E-state index contributed by atoms with van der Waals surface area (Å²) in [4.78, 5) is 1.54. The molecule has 0 aliphatic carbocycles. The van der Waals surface area contributed by atoms with Crippen molar-refractivity contribution < 1.29 is 10.2 Å². The molecule has 2 aromatic carbocycles. The van der Waals surface area contributed by atoms with Gasteiger partial charge in [-0.2, -0.15) is 0 Å². The Labute approximate surface area is 158 Å². The van der Waals surface area contributed by atoms with E-state index in [0.717, 1.165) is 52.1 Å². The van der Waals surface area contributed by atoms with Crippen LogP contribution in [0.15, 0.2) is 18.7 Å². The molecule has 0 aliphatic heterocycles. The van der Waals surface area contributed by atoms with E-state index in [1.165, 1.54) is 11.8 Å². The lowest BCUT2D eigenvalue weighted by molar-refractivity contribution is 0.453. The maximum atomic E-state index is 10.6. The number of hydrogen-bond acceptors (Lipinski definition) is 3. The Morgan fingerprint density at radius 3 is 1.17 bits per heavy atom. The molecule has 2 aromatic rings. The van der Waals surface area contributed by atoms with Crippen molar-refractivity contribution >= 4 is 43.6 Å². The second kappa shape index (κ2) is 6.69. The van der Waals surface area contributed by atoms with Crippen molar-refractivity contribution in [2.75, 3.05) is 0 Å². The van der Waals surface area contributed by atoms with Crippen LogP contribution >= 0.6 is 43.6 Å². The maximum Gasteiger partial charge on any atom is 0.133 e. The number of halogens is 2. The topological polar surface area (TPSA) is 40.5 Å². The third-order valence-electron chi connectivity index (χ3n) is 4.47. The van der Waals surface area contributed by atoms with Crippen LogP contribution in [0.4, 0.5) is 0 Å². The third kappa shape index (κ3) is 3.03. The van der Waals surface area contributed by atoms with E-state index in [1.54, 1.807) is 0 Å². The van der Waals surface area contributed by atoms with Gasteiger partial charge < -0.3 is 10.2 Å². The molecule has 0 atom stereocenters. The summed E-state index contributed by atoms with van der Waals surface area (Å²) in [5.74, 6) is 0.558. The monoisotopic (exact) mass is 458 g/mol. The van der Waals surface area contributed by atoms with E-state index in [4.69, 9.17) is 0 Å². The zero-order valence-corrected chi connectivity index (χ0v) is 18.0. The van der Waals surface area contributed by atoms with Gasteiger partial charge in [0.25, 0.3) is 0 Å². The average Bonchev–Trinajstić information content (AvgIpc) is 2.54. The quantitative estimate of drug-likeness (QED) is 0.529. The summed E-state index contributed by atoms with van der Waals surface area (Å²) in [6, 6.07) is 0. The SMILES string of the molecule is Cc1c(C)c(Br)c(C)c(Sc2c(C)c(Br)c(C)c(C)c2O)c1O. The summed E-state index contributed by atoms with van der Waals surface area (Å²) in [5.41, 5.74) is 5.72. The fraction of sp³-hybridized carbons (Fsp3) is 0.333. The first kappa shape index (κ1) is 18.7. The summed E-state index contributed by atoms with van der Waals surface area (Å²) in [6.45, 7) is 11.7. The number of rotatable bonds is 2. The van der Waals surface area contributed by atoms with E-state index in [0.29, 0.717) is 0 Å². The van der Waals surface area contributed by atoms with Gasteiger partial charge in [0.2, 0.25) is 0 Å². The lowest BCUT2D eigenvalue weighted by Crippen LogP contribution is -1.95. The molecule has 2 rings (SSSR count). The van der Waals surface area contributed by atoms with Crippen molar-refractivity contribution in [2.45, 2.75) is 51.3 Å². The summed E-state index contributed by atoms with van der Waals surface area (Å²) in [6.07, 6.45) is 0. The fourth-order valence-electron chi connectivity index (χ4n) is 2.49. The molecule has 5 heteroatoms. The summed E-state index contributed by atoms with van der Waals surface area (Å²) >= 11 is 8.63. The fourth-order valence-corrected chi connectivity index (χ4v) is 4.96. The zero-order valence-electron chi connectivity index (χ0n) is 14.1. The first-order valence-electron chi connectivity index (χ1n) is 7.23. The van der Waals surface area contributed by atoms with Gasteiger partial charge in [0.05, 0.1) is 9.79 Å². The highest BCUT2D eigenvalue weighted by molar-refractivity contribution is 9.10. The Bertz CT molecular complexity index is 688. The van der Waals surface area contributed by atoms with Gasteiger partial charge in [-0.1, -0.05) is 43.6 Å². The average molecular weight is 460 g/mol. The molecule has 23 heavy (non-hydrogen) atoms. The first-order valence-corrected chi connectivity index (χ1v) is 9.64. The molecule has 2 N–H and O–H groups in total. The highest BCUT2D eigenvalue weighted by atomic mass is 79.9. The Balaban J connectivity index is 2.71. The lowest BCUT2D eigenvalue weighted by Gasteiger charge is -2.19. The van der Waals surface area contributed by atoms with Crippen LogP contribution in [-0.2, 0) is 0 Å². The van der Waals surface area contributed by atoms with Crippen molar-refractivity contribution in [1.82, 2.24) is 0 Å². The maximum absolute atomic E-state index is 10.6. The molecular weight excluding hydrogens is 440 g/mol. The van der Waals surface area contributed by atoms with Gasteiger partial charge in [0.1, 0.15) is 11.5 Å². The highest BCUT2D eigenvalue weighted by Crippen LogP contribution is 2.49. The van der Waals surface area contributed by atoms with Crippen LogP contribution in [0.3, 0.4) is 0 Å². The van der Waals surface area contributed by atoms with Crippen molar-refractivity contribution in [2.24, 2.45) is 0 Å². The Kier molecular flexibility index (Phi) is 5.44.